The van der Waals surface area contributed by atoms with Crippen molar-refractivity contribution >= 4 is 52.3 Å². The zero-order valence-electron chi connectivity index (χ0n) is 14.0. The molecule has 0 atom stereocenters. The van der Waals surface area contributed by atoms with Gasteiger partial charge in [0.1, 0.15) is 5.03 Å². The lowest BCUT2D eigenvalue weighted by Gasteiger charge is -2.07. The third-order valence-electron chi connectivity index (χ3n) is 3.41. The quantitative estimate of drug-likeness (QED) is 0.569. The van der Waals surface area contributed by atoms with Crippen molar-refractivity contribution in [2.24, 2.45) is 0 Å². The van der Waals surface area contributed by atoms with Crippen LogP contribution in [-0.2, 0) is 11.3 Å². The third-order valence-corrected chi connectivity index (χ3v) is 5.57. The molecule has 1 aromatic carbocycles. The van der Waals surface area contributed by atoms with Gasteiger partial charge < -0.3 is 10.6 Å². The molecule has 3 aromatic rings. The molecule has 0 unspecified atom stereocenters. The molecule has 0 aliphatic rings. The van der Waals surface area contributed by atoms with Gasteiger partial charge in [0, 0.05) is 11.6 Å². The Hall–Kier alpha value is -2.42. The van der Waals surface area contributed by atoms with E-state index in [1.54, 1.807) is 24.3 Å². The van der Waals surface area contributed by atoms with E-state index in [-0.39, 0.29) is 17.6 Å². The average molecular weight is 419 g/mol. The van der Waals surface area contributed by atoms with Crippen LogP contribution in [0.4, 0.5) is 5.82 Å². The highest BCUT2D eigenvalue weighted by Gasteiger charge is 2.09. The average Bonchev–Trinajstić information content (AvgIpc) is 3.22. The minimum absolute atomic E-state index is 0.128. The number of thioether (sulfide) groups is 1. The normalized spacial score (nSPS) is 10.4. The van der Waals surface area contributed by atoms with Gasteiger partial charge in [0.2, 0.25) is 5.91 Å². The molecule has 0 spiro atoms. The van der Waals surface area contributed by atoms with Crippen LogP contribution in [0.3, 0.4) is 0 Å². The van der Waals surface area contributed by atoms with Gasteiger partial charge in [-0.05, 0) is 35.2 Å². The number of nitrogens with one attached hydrogen (secondary N) is 2. The van der Waals surface area contributed by atoms with Crippen molar-refractivity contribution in [3.8, 4) is 0 Å². The second-order valence-electron chi connectivity index (χ2n) is 5.35. The van der Waals surface area contributed by atoms with Gasteiger partial charge in [0.15, 0.2) is 5.82 Å². The first-order chi connectivity index (χ1) is 13.1. The van der Waals surface area contributed by atoms with E-state index in [0.29, 0.717) is 27.3 Å². The Labute approximate surface area is 169 Å². The Morgan fingerprint density at radius 3 is 2.63 bits per heavy atom. The van der Waals surface area contributed by atoms with Gasteiger partial charge in [-0.25, -0.2) is 0 Å². The summed E-state index contributed by atoms with van der Waals surface area (Å²) in [5.41, 5.74) is 0.864. The Kier molecular flexibility index (Phi) is 6.80. The lowest BCUT2D eigenvalue weighted by molar-refractivity contribution is -0.118. The molecule has 2 aromatic heterocycles. The molecule has 2 N–H and O–H groups in total. The number of aromatic nitrogens is 2. The predicted octanol–water partition coefficient (Wildman–Crippen LogP) is 3.85. The predicted molar refractivity (Wildman–Crippen MR) is 108 cm³/mol. The van der Waals surface area contributed by atoms with Crippen LogP contribution in [0.1, 0.15) is 15.2 Å². The van der Waals surface area contributed by atoms with Crippen LogP contribution in [-0.4, -0.2) is 27.8 Å². The zero-order chi connectivity index (χ0) is 19.1. The van der Waals surface area contributed by atoms with Crippen LogP contribution in [0, 0.1) is 0 Å². The summed E-state index contributed by atoms with van der Waals surface area (Å²) >= 11 is 8.68. The number of anilines is 1. The Morgan fingerprint density at radius 1 is 1.07 bits per heavy atom. The van der Waals surface area contributed by atoms with Gasteiger partial charge in [-0.15, -0.1) is 21.5 Å². The maximum Gasteiger partial charge on any atom is 0.266 e. The smallest absolute Gasteiger partial charge is 0.266 e. The van der Waals surface area contributed by atoms with Crippen molar-refractivity contribution in [1.82, 2.24) is 15.5 Å². The van der Waals surface area contributed by atoms with Gasteiger partial charge >= 0.3 is 0 Å². The van der Waals surface area contributed by atoms with E-state index in [0.717, 1.165) is 5.56 Å². The highest BCUT2D eigenvalue weighted by Crippen LogP contribution is 2.17. The molecule has 3 rings (SSSR count). The number of carbonyl (C=O) groups is 2. The minimum Gasteiger partial charge on any atom is -0.351 e. The molecule has 0 saturated heterocycles. The molecule has 27 heavy (non-hydrogen) atoms. The van der Waals surface area contributed by atoms with Crippen molar-refractivity contribution in [2.75, 3.05) is 11.1 Å². The van der Waals surface area contributed by atoms with Gasteiger partial charge in [-0.1, -0.05) is 47.6 Å². The molecule has 0 aliphatic carbocycles. The van der Waals surface area contributed by atoms with Crippen LogP contribution in [0.25, 0.3) is 0 Å². The van der Waals surface area contributed by atoms with Gasteiger partial charge in [-0.2, -0.15) is 0 Å². The van der Waals surface area contributed by atoms with Crippen LogP contribution in [0.2, 0.25) is 5.02 Å². The van der Waals surface area contributed by atoms with E-state index in [1.807, 2.05) is 29.6 Å². The number of nitrogens with zero attached hydrogens (tertiary/aromatic N) is 2. The lowest BCUT2D eigenvalue weighted by atomic mass is 10.2. The largest absolute Gasteiger partial charge is 0.351 e. The highest BCUT2D eigenvalue weighted by atomic mass is 35.5. The molecule has 0 bridgehead atoms. The number of benzene rings is 1. The summed E-state index contributed by atoms with van der Waals surface area (Å²) in [5, 5.41) is 16.5. The number of hydrogen-bond donors (Lipinski definition) is 2. The lowest BCUT2D eigenvalue weighted by Crippen LogP contribution is -2.24. The summed E-state index contributed by atoms with van der Waals surface area (Å²) in [6.45, 7) is 0.373. The fourth-order valence-electron chi connectivity index (χ4n) is 2.08. The molecule has 138 valence electrons. The van der Waals surface area contributed by atoms with Gasteiger partial charge in [0.25, 0.3) is 5.91 Å². The monoisotopic (exact) mass is 418 g/mol. The summed E-state index contributed by atoms with van der Waals surface area (Å²) in [6.07, 6.45) is 0. The van der Waals surface area contributed by atoms with Gasteiger partial charge in [-0.3, -0.25) is 9.59 Å². The first-order valence-corrected chi connectivity index (χ1v) is 10.2. The number of halogens is 1. The van der Waals surface area contributed by atoms with Crippen molar-refractivity contribution in [1.29, 1.82) is 0 Å². The standard InChI is InChI=1S/C18H15ClN4O2S2/c19-13-5-2-1-4-12(13)10-20-16(24)11-27-17-8-7-15(22-23-17)21-18(25)14-6-3-9-26-14/h1-9H,10-11H2,(H,20,24)(H,21,22,25). The molecule has 9 heteroatoms. The Morgan fingerprint density at radius 2 is 1.93 bits per heavy atom. The van der Waals surface area contributed by atoms with Crippen LogP contribution >= 0.6 is 34.7 Å². The maximum absolute atomic E-state index is 12.0. The third kappa shape index (κ3) is 5.78. The van der Waals surface area contributed by atoms with Crippen molar-refractivity contribution < 1.29 is 9.59 Å². The van der Waals surface area contributed by atoms with Crippen molar-refractivity contribution in [3.05, 3.63) is 69.4 Å². The molecular weight excluding hydrogens is 404 g/mol. The summed E-state index contributed by atoms with van der Waals surface area (Å²) in [7, 11) is 0. The van der Waals surface area contributed by atoms with Crippen molar-refractivity contribution in [3.63, 3.8) is 0 Å². The van der Waals surface area contributed by atoms with E-state index >= 15 is 0 Å². The molecule has 2 amide bonds. The van der Waals surface area contributed by atoms with E-state index in [2.05, 4.69) is 20.8 Å². The summed E-state index contributed by atoms with van der Waals surface area (Å²) < 4.78 is 0. The molecule has 0 radical (unpaired) electrons. The Bertz CT molecular complexity index is 917. The van der Waals surface area contributed by atoms with E-state index in [4.69, 9.17) is 11.6 Å². The number of rotatable bonds is 7. The maximum atomic E-state index is 12.0. The van der Waals surface area contributed by atoms with E-state index in [9.17, 15) is 9.59 Å². The van der Waals surface area contributed by atoms with E-state index in [1.165, 1.54) is 23.1 Å². The van der Waals surface area contributed by atoms with Crippen LogP contribution < -0.4 is 10.6 Å². The molecule has 0 aliphatic heterocycles. The SMILES string of the molecule is O=C(CSc1ccc(NC(=O)c2cccs2)nn1)NCc1ccccc1Cl. The summed E-state index contributed by atoms with van der Waals surface area (Å²) in [4.78, 5) is 24.5. The highest BCUT2D eigenvalue weighted by molar-refractivity contribution is 7.99. The first-order valence-electron chi connectivity index (χ1n) is 7.93. The number of hydrogen-bond acceptors (Lipinski definition) is 6. The second-order valence-corrected chi connectivity index (χ2v) is 7.70. The van der Waals surface area contributed by atoms with Crippen LogP contribution in [0.5, 0.6) is 0 Å². The van der Waals surface area contributed by atoms with Crippen molar-refractivity contribution in [2.45, 2.75) is 11.6 Å². The fraction of sp³-hybridized carbons (Fsp3) is 0.111. The molecule has 0 saturated carbocycles. The van der Waals surface area contributed by atoms with Gasteiger partial charge in [0.05, 0.1) is 10.6 Å². The minimum atomic E-state index is -0.223. The summed E-state index contributed by atoms with van der Waals surface area (Å²) in [6, 6.07) is 14.3. The zero-order valence-corrected chi connectivity index (χ0v) is 16.4. The molecule has 2 heterocycles. The molecule has 0 fully saturated rings. The van der Waals surface area contributed by atoms with Crippen LogP contribution in [0.15, 0.2) is 58.9 Å². The molecule has 6 nitrogen and oxygen atoms in total. The second kappa shape index (κ2) is 9.50. The summed E-state index contributed by atoms with van der Waals surface area (Å²) in [5.74, 6) is 0.219. The first kappa shape index (κ1) is 19.3. The number of amides is 2. The van der Waals surface area contributed by atoms with E-state index < -0.39 is 0 Å². The fourth-order valence-corrected chi connectivity index (χ4v) is 3.54. The topological polar surface area (TPSA) is 84.0 Å². The number of thiophene rings is 1. The number of carbonyl (C=O) groups excluding carboxylic acids is 2. The Balaban J connectivity index is 1.45. The molecular formula is C18H15ClN4O2S2.